The molecule has 0 fully saturated rings. The third kappa shape index (κ3) is 7.58. The Balaban J connectivity index is 3.39. The minimum Gasteiger partial charge on any atom is -0.464 e. The maximum Gasteiger partial charge on any atom is 0.325 e. The molecule has 0 heterocycles. The van der Waals surface area contributed by atoms with Crippen molar-refractivity contribution in [3.05, 3.63) is 0 Å². The van der Waals surface area contributed by atoms with E-state index in [1.54, 1.807) is 0 Å². The van der Waals surface area contributed by atoms with Gasteiger partial charge in [0.05, 0.1) is 6.61 Å². The van der Waals surface area contributed by atoms with Crippen LogP contribution in [0.3, 0.4) is 0 Å². The first-order valence-electron chi connectivity index (χ1n) is 5.13. The van der Waals surface area contributed by atoms with E-state index in [0.29, 0.717) is 13.0 Å². The van der Waals surface area contributed by atoms with Crippen LogP contribution in [-0.2, 0) is 14.3 Å². The number of hydrogen-bond donors (Lipinski definition) is 1. The average molecular weight is 201 g/mol. The summed E-state index contributed by atoms with van der Waals surface area (Å²) in [5.74, 6) is -0.456. The molecular weight excluding hydrogens is 182 g/mol. The Bertz CT molecular complexity index is 180. The van der Waals surface area contributed by atoms with Crippen molar-refractivity contribution in [1.82, 2.24) is 5.32 Å². The highest BCUT2D eigenvalue weighted by atomic mass is 16.5. The molecule has 0 radical (unpaired) electrons. The lowest BCUT2D eigenvalue weighted by Gasteiger charge is -2.04. The molecule has 1 amide bonds. The van der Waals surface area contributed by atoms with Crippen molar-refractivity contribution in [3.63, 3.8) is 0 Å². The predicted octanol–water partition coefficient (Wildman–Crippen LogP) is 1.25. The third-order valence-electron chi connectivity index (χ3n) is 1.67. The van der Waals surface area contributed by atoms with Gasteiger partial charge in [-0.2, -0.15) is 0 Å². The predicted molar refractivity (Wildman–Crippen MR) is 53.8 cm³/mol. The van der Waals surface area contributed by atoms with Crippen LogP contribution in [0.2, 0.25) is 0 Å². The number of rotatable bonds is 7. The van der Waals surface area contributed by atoms with Crippen LogP contribution in [0.5, 0.6) is 0 Å². The smallest absolute Gasteiger partial charge is 0.325 e. The van der Waals surface area contributed by atoms with E-state index < -0.39 is 0 Å². The number of carbonyl (C=O) groups is 2. The topological polar surface area (TPSA) is 55.4 Å². The van der Waals surface area contributed by atoms with Crippen LogP contribution in [0.25, 0.3) is 0 Å². The Morgan fingerprint density at radius 1 is 1.21 bits per heavy atom. The first-order chi connectivity index (χ1) is 6.70. The van der Waals surface area contributed by atoms with Crippen LogP contribution in [-0.4, -0.2) is 25.0 Å². The summed E-state index contributed by atoms with van der Waals surface area (Å²) < 4.78 is 4.86. The molecule has 0 spiro atoms. The largest absolute Gasteiger partial charge is 0.464 e. The third-order valence-corrected chi connectivity index (χ3v) is 1.67. The quantitative estimate of drug-likeness (QED) is 0.498. The summed E-state index contributed by atoms with van der Waals surface area (Å²) in [7, 11) is 0. The van der Waals surface area contributed by atoms with Gasteiger partial charge in [0.25, 0.3) is 0 Å². The zero-order valence-electron chi connectivity index (χ0n) is 8.97. The van der Waals surface area contributed by atoms with E-state index in [1.807, 2.05) is 13.8 Å². The molecule has 0 saturated carbocycles. The van der Waals surface area contributed by atoms with Crippen LogP contribution in [0.4, 0.5) is 0 Å². The first kappa shape index (κ1) is 12.9. The normalized spacial score (nSPS) is 9.57. The summed E-state index contributed by atoms with van der Waals surface area (Å²) in [4.78, 5) is 21.9. The molecule has 0 aliphatic carbocycles. The van der Waals surface area contributed by atoms with E-state index in [9.17, 15) is 9.59 Å². The second kappa shape index (κ2) is 8.53. The maximum absolute atomic E-state index is 11.0. The van der Waals surface area contributed by atoms with Gasteiger partial charge in [-0.1, -0.05) is 20.3 Å². The van der Waals surface area contributed by atoms with Gasteiger partial charge in [0.1, 0.15) is 6.54 Å². The zero-order valence-corrected chi connectivity index (χ0v) is 8.97. The summed E-state index contributed by atoms with van der Waals surface area (Å²) in [6.07, 6.45) is 3.11. The van der Waals surface area contributed by atoms with Crippen LogP contribution in [0.15, 0.2) is 0 Å². The Labute approximate surface area is 85.0 Å². The van der Waals surface area contributed by atoms with Crippen molar-refractivity contribution in [1.29, 1.82) is 0 Å². The lowest BCUT2D eigenvalue weighted by Crippen LogP contribution is -2.30. The molecule has 0 unspecified atom stereocenters. The highest BCUT2D eigenvalue weighted by Crippen LogP contribution is 1.89. The molecule has 4 nitrogen and oxygen atoms in total. The van der Waals surface area contributed by atoms with Crippen molar-refractivity contribution >= 4 is 11.9 Å². The molecule has 0 rings (SSSR count). The summed E-state index contributed by atoms with van der Waals surface area (Å²) >= 11 is 0. The fraction of sp³-hybridized carbons (Fsp3) is 0.800. The molecule has 0 aromatic heterocycles. The number of hydrogen-bond acceptors (Lipinski definition) is 3. The fourth-order valence-electron chi connectivity index (χ4n) is 0.868. The van der Waals surface area contributed by atoms with Crippen LogP contribution in [0, 0.1) is 0 Å². The SMILES string of the molecule is CCCCOC(=O)CNC(=O)CCC. The van der Waals surface area contributed by atoms with Crippen LogP contribution in [0.1, 0.15) is 39.5 Å². The standard InChI is InChI=1S/C10H19NO3/c1-3-5-7-14-10(13)8-11-9(12)6-4-2/h3-8H2,1-2H3,(H,11,12). The van der Waals surface area contributed by atoms with Crippen molar-refractivity contribution in [2.24, 2.45) is 0 Å². The van der Waals surface area contributed by atoms with Crippen LogP contribution >= 0.6 is 0 Å². The van der Waals surface area contributed by atoms with Crippen molar-refractivity contribution in [3.8, 4) is 0 Å². The van der Waals surface area contributed by atoms with Crippen LogP contribution < -0.4 is 5.32 Å². The maximum atomic E-state index is 11.0. The highest BCUT2D eigenvalue weighted by Gasteiger charge is 2.04. The summed E-state index contributed by atoms with van der Waals surface area (Å²) in [5, 5.41) is 2.50. The molecule has 0 saturated heterocycles. The van der Waals surface area contributed by atoms with E-state index in [4.69, 9.17) is 4.74 Å². The minimum atomic E-state index is -0.358. The van der Waals surface area contributed by atoms with Crippen molar-refractivity contribution in [2.45, 2.75) is 39.5 Å². The number of ether oxygens (including phenoxy) is 1. The van der Waals surface area contributed by atoms with Gasteiger partial charge < -0.3 is 10.1 Å². The molecule has 0 aromatic carbocycles. The second-order valence-corrected chi connectivity index (χ2v) is 3.10. The summed E-state index contributed by atoms with van der Waals surface area (Å²) in [6.45, 7) is 4.37. The van der Waals surface area contributed by atoms with Gasteiger partial charge in [-0.3, -0.25) is 9.59 Å². The van der Waals surface area contributed by atoms with E-state index in [1.165, 1.54) is 0 Å². The van der Waals surface area contributed by atoms with E-state index >= 15 is 0 Å². The molecule has 82 valence electrons. The molecule has 0 atom stereocenters. The number of amides is 1. The number of nitrogens with one attached hydrogen (secondary N) is 1. The Hall–Kier alpha value is -1.06. The number of unbranched alkanes of at least 4 members (excludes halogenated alkanes) is 1. The van der Waals surface area contributed by atoms with Gasteiger partial charge in [0, 0.05) is 6.42 Å². The van der Waals surface area contributed by atoms with Gasteiger partial charge in [-0.25, -0.2) is 0 Å². The number of carbonyl (C=O) groups excluding carboxylic acids is 2. The zero-order chi connectivity index (χ0) is 10.8. The Kier molecular flexibility index (Phi) is 7.89. The molecular formula is C10H19NO3. The minimum absolute atomic E-state index is 0.0114. The van der Waals surface area contributed by atoms with Gasteiger partial charge in [0.15, 0.2) is 0 Å². The average Bonchev–Trinajstić information content (AvgIpc) is 2.16. The van der Waals surface area contributed by atoms with E-state index in [-0.39, 0.29) is 18.4 Å². The molecule has 0 aromatic rings. The highest BCUT2D eigenvalue weighted by molar-refractivity contribution is 5.81. The number of esters is 1. The second-order valence-electron chi connectivity index (χ2n) is 3.10. The molecule has 0 aliphatic rings. The molecule has 0 bridgehead atoms. The molecule has 0 aliphatic heterocycles. The Morgan fingerprint density at radius 3 is 2.50 bits per heavy atom. The monoisotopic (exact) mass is 201 g/mol. The van der Waals surface area contributed by atoms with Gasteiger partial charge in [-0.05, 0) is 12.8 Å². The van der Waals surface area contributed by atoms with Crippen molar-refractivity contribution in [2.75, 3.05) is 13.2 Å². The van der Waals surface area contributed by atoms with Gasteiger partial charge in [0.2, 0.25) is 5.91 Å². The van der Waals surface area contributed by atoms with Gasteiger partial charge >= 0.3 is 5.97 Å². The summed E-state index contributed by atoms with van der Waals surface area (Å²) in [5.41, 5.74) is 0. The Morgan fingerprint density at radius 2 is 1.93 bits per heavy atom. The van der Waals surface area contributed by atoms with Gasteiger partial charge in [-0.15, -0.1) is 0 Å². The first-order valence-corrected chi connectivity index (χ1v) is 5.13. The lowest BCUT2D eigenvalue weighted by molar-refractivity contribution is -0.144. The lowest BCUT2D eigenvalue weighted by atomic mass is 10.3. The van der Waals surface area contributed by atoms with E-state index in [2.05, 4.69) is 5.32 Å². The molecule has 1 N–H and O–H groups in total. The summed E-state index contributed by atoms with van der Waals surface area (Å²) in [6, 6.07) is 0. The van der Waals surface area contributed by atoms with Crippen molar-refractivity contribution < 1.29 is 14.3 Å². The molecule has 14 heavy (non-hydrogen) atoms. The molecule has 4 heteroatoms. The van der Waals surface area contributed by atoms with E-state index in [0.717, 1.165) is 19.3 Å². The fourth-order valence-corrected chi connectivity index (χ4v) is 0.868.